The van der Waals surface area contributed by atoms with Crippen LogP contribution < -0.4 is 5.73 Å². The molecule has 0 saturated heterocycles. The van der Waals surface area contributed by atoms with E-state index in [1.807, 2.05) is 30.4 Å². The van der Waals surface area contributed by atoms with E-state index in [9.17, 15) is 0 Å². The van der Waals surface area contributed by atoms with E-state index in [1.54, 1.807) is 0 Å². The van der Waals surface area contributed by atoms with Crippen molar-refractivity contribution < 1.29 is 0 Å². The van der Waals surface area contributed by atoms with Crippen molar-refractivity contribution in [3.8, 4) is 0 Å². The fraction of sp³-hybridized carbons (Fsp3) is 0.286. The molecule has 0 amide bonds. The van der Waals surface area contributed by atoms with E-state index in [0.717, 1.165) is 0 Å². The van der Waals surface area contributed by atoms with Gasteiger partial charge in [0.25, 0.3) is 0 Å². The van der Waals surface area contributed by atoms with Crippen LogP contribution in [0.4, 0.5) is 0 Å². The molecule has 2 N–H and O–H groups in total. The van der Waals surface area contributed by atoms with Gasteiger partial charge in [-0.2, -0.15) is 0 Å². The Kier molecular flexibility index (Phi) is 6.09. The molecule has 0 fully saturated rings. The zero-order chi connectivity index (χ0) is 11.3. The highest BCUT2D eigenvalue weighted by atomic mass is 35.5. The van der Waals surface area contributed by atoms with Crippen molar-refractivity contribution in [2.45, 2.75) is 19.9 Å². The van der Waals surface area contributed by atoms with Gasteiger partial charge in [-0.3, -0.25) is 0 Å². The minimum Gasteiger partial charge on any atom is -0.324 e. The van der Waals surface area contributed by atoms with Crippen LogP contribution in [-0.4, -0.2) is 6.04 Å². The normalized spacial score (nSPS) is 13.2. The van der Waals surface area contributed by atoms with Crippen LogP contribution in [0.25, 0.3) is 6.08 Å². The van der Waals surface area contributed by atoms with Crippen molar-refractivity contribution in [1.29, 1.82) is 0 Å². The monoisotopic (exact) mass is 237 g/mol. The third kappa shape index (κ3) is 4.21. The maximum absolute atomic E-state index is 6.05. The molecular weight excluding hydrogens is 218 g/mol. The summed E-state index contributed by atoms with van der Waals surface area (Å²) in [6, 6.07) is 10.2. The Morgan fingerprint density at radius 3 is 2.31 bits per heavy atom. The maximum atomic E-state index is 6.05. The molecule has 0 aromatic heterocycles. The molecule has 0 heterocycles. The first-order chi connectivity index (χ1) is 7.06. The molecule has 16 heavy (non-hydrogen) atoms. The molecular formula is C14H20ClN. The van der Waals surface area contributed by atoms with Gasteiger partial charge in [0.1, 0.15) is 0 Å². The molecule has 1 atom stereocenters. The summed E-state index contributed by atoms with van der Waals surface area (Å²) < 4.78 is 0. The first-order valence-electron chi connectivity index (χ1n) is 5.18. The highest BCUT2D eigenvalue weighted by molar-refractivity contribution is 5.85. The molecule has 0 bridgehead atoms. The molecule has 0 aliphatic carbocycles. The predicted molar refractivity (Wildman–Crippen MR) is 74.7 cm³/mol. The van der Waals surface area contributed by atoms with Crippen LogP contribution in [0.3, 0.4) is 0 Å². The van der Waals surface area contributed by atoms with Crippen LogP contribution in [0.2, 0.25) is 0 Å². The molecule has 0 spiro atoms. The molecule has 88 valence electrons. The lowest BCUT2D eigenvalue weighted by molar-refractivity contribution is 0.426. The zero-order valence-electron chi connectivity index (χ0n) is 9.89. The van der Waals surface area contributed by atoms with Gasteiger partial charge in [0.15, 0.2) is 0 Å². The van der Waals surface area contributed by atoms with Gasteiger partial charge in [-0.25, -0.2) is 0 Å². The van der Waals surface area contributed by atoms with E-state index in [4.69, 9.17) is 5.73 Å². The predicted octanol–water partition coefficient (Wildman–Crippen LogP) is 3.66. The number of halogens is 1. The van der Waals surface area contributed by atoms with Gasteiger partial charge in [-0.15, -0.1) is 19.0 Å². The van der Waals surface area contributed by atoms with Gasteiger partial charge >= 0.3 is 0 Å². The Morgan fingerprint density at radius 1 is 1.25 bits per heavy atom. The maximum Gasteiger partial charge on any atom is 0.0314 e. The largest absolute Gasteiger partial charge is 0.324 e. The highest BCUT2D eigenvalue weighted by Gasteiger charge is 2.19. The van der Waals surface area contributed by atoms with Crippen molar-refractivity contribution >= 4 is 18.5 Å². The molecule has 0 radical (unpaired) electrons. The van der Waals surface area contributed by atoms with Gasteiger partial charge in [-0.05, 0) is 5.56 Å². The summed E-state index contributed by atoms with van der Waals surface area (Å²) in [4.78, 5) is 0. The number of benzene rings is 1. The molecule has 1 nitrogen and oxygen atoms in total. The Bertz CT molecular complexity index is 341. The van der Waals surface area contributed by atoms with E-state index in [0.29, 0.717) is 0 Å². The molecule has 0 aliphatic heterocycles. The summed E-state index contributed by atoms with van der Waals surface area (Å²) >= 11 is 0. The molecule has 0 saturated carbocycles. The standard InChI is InChI=1S/C14H19N.ClH/c1-4-14(2,3)13(15)11-10-12-8-6-5-7-9-12;/h4-11,13H,1,15H2,2-3H3;1H/b11-10+;/t13-;/m0./s1. The van der Waals surface area contributed by atoms with Crippen LogP contribution >= 0.6 is 12.4 Å². The van der Waals surface area contributed by atoms with Crippen molar-refractivity contribution in [1.82, 2.24) is 0 Å². The zero-order valence-corrected chi connectivity index (χ0v) is 10.7. The lowest BCUT2D eigenvalue weighted by atomic mass is 9.85. The summed E-state index contributed by atoms with van der Waals surface area (Å²) in [5.74, 6) is 0. The topological polar surface area (TPSA) is 26.0 Å². The fourth-order valence-electron chi connectivity index (χ4n) is 1.16. The van der Waals surface area contributed by atoms with Crippen molar-refractivity contribution in [3.63, 3.8) is 0 Å². The molecule has 1 aromatic carbocycles. The van der Waals surface area contributed by atoms with Crippen molar-refractivity contribution in [2.24, 2.45) is 11.1 Å². The SMILES string of the molecule is C=CC(C)(C)[C@@H](N)/C=C/c1ccccc1.Cl. The molecule has 2 heteroatoms. The van der Waals surface area contributed by atoms with E-state index < -0.39 is 0 Å². The third-order valence-electron chi connectivity index (χ3n) is 2.68. The third-order valence-corrected chi connectivity index (χ3v) is 2.68. The Morgan fingerprint density at radius 2 is 1.81 bits per heavy atom. The number of hydrogen-bond donors (Lipinski definition) is 1. The average molecular weight is 238 g/mol. The highest BCUT2D eigenvalue weighted by Crippen LogP contribution is 2.21. The second kappa shape index (κ2) is 6.51. The van der Waals surface area contributed by atoms with Gasteiger partial charge < -0.3 is 5.73 Å². The van der Waals surface area contributed by atoms with E-state index in [2.05, 4.69) is 38.6 Å². The molecule has 0 unspecified atom stereocenters. The van der Waals surface area contributed by atoms with Gasteiger partial charge in [0, 0.05) is 11.5 Å². The lowest BCUT2D eigenvalue weighted by Crippen LogP contribution is -2.33. The van der Waals surface area contributed by atoms with Gasteiger partial charge in [-0.1, -0.05) is 62.4 Å². The minimum absolute atomic E-state index is 0. The smallest absolute Gasteiger partial charge is 0.0314 e. The Balaban J connectivity index is 0.00000225. The van der Waals surface area contributed by atoms with Gasteiger partial charge in [0.2, 0.25) is 0 Å². The lowest BCUT2D eigenvalue weighted by Gasteiger charge is -2.25. The number of nitrogens with two attached hydrogens (primary N) is 1. The Hall–Kier alpha value is -1.05. The molecule has 1 rings (SSSR count). The van der Waals surface area contributed by atoms with Crippen LogP contribution in [-0.2, 0) is 0 Å². The molecule has 1 aromatic rings. The second-order valence-corrected chi connectivity index (χ2v) is 4.32. The summed E-state index contributed by atoms with van der Waals surface area (Å²) in [6.45, 7) is 7.96. The average Bonchev–Trinajstić information content (AvgIpc) is 2.27. The quantitative estimate of drug-likeness (QED) is 0.795. The summed E-state index contributed by atoms with van der Waals surface area (Å²) in [5, 5.41) is 0. The first-order valence-corrected chi connectivity index (χ1v) is 5.18. The van der Waals surface area contributed by atoms with Gasteiger partial charge in [0.05, 0.1) is 0 Å². The summed E-state index contributed by atoms with van der Waals surface area (Å²) in [5.41, 5.74) is 7.16. The number of hydrogen-bond acceptors (Lipinski definition) is 1. The van der Waals surface area contributed by atoms with E-state index in [1.165, 1.54) is 5.56 Å². The number of rotatable bonds is 4. The van der Waals surface area contributed by atoms with Crippen LogP contribution in [0.5, 0.6) is 0 Å². The Labute approximate surface area is 104 Å². The summed E-state index contributed by atoms with van der Waals surface area (Å²) in [6.07, 6.45) is 5.97. The summed E-state index contributed by atoms with van der Waals surface area (Å²) in [7, 11) is 0. The van der Waals surface area contributed by atoms with Crippen LogP contribution in [0, 0.1) is 5.41 Å². The van der Waals surface area contributed by atoms with Crippen LogP contribution in [0.1, 0.15) is 19.4 Å². The molecule has 0 aliphatic rings. The van der Waals surface area contributed by atoms with E-state index >= 15 is 0 Å². The van der Waals surface area contributed by atoms with Crippen molar-refractivity contribution in [2.75, 3.05) is 0 Å². The fourth-order valence-corrected chi connectivity index (χ4v) is 1.16. The second-order valence-electron chi connectivity index (χ2n) is 4.32. The minimum atomic E-state index is -0.0642. The van der Waals surface area contributed by atoms with Crippen LogP contribution in [0.15, 0.2) is 49.1 Å². The van der Waals surface area contributed by atoms with E-state index in [-0.39, 0.29) is 23.9 Å². The van der Waals surface area contributed by atoms with Crippen molar-refractivity contribution in [3.05, 3.63) is 54.6 Å². The first kappa shape index (κ1) is 14.9.